The van der Waals surface area contributed by atoms with E-state index >= 15 is 0 Å². The highest BCUT2D eigenvalue weighted by Gasteiger charge is 2.39. The first-order valence-electron chi connectivity index (χ1n) is 10.5. The van der Waals surface area contributed by atoms with Gasteiger partial charge >= 0.3 is 0 Å². The third-order valence-corrected chi connectivity index (χ3v) is 6.63. The Balaban J connectivity index is 2.01. The molecule has 3 aromatic rings. The highest BCUT2D eigenvalue weighted by atomic mass is 32.1. The average molecular weight is 446 g/mol. The highest BCUT2D eigenvalue weighted by molar-refractivity contribution is 7.10. The number of rotatable bonds is 9. The standard InChI is InChI=1S/C26H27N3O2S/c1-17(2)31-25-9-8-21(14-29-25)23(15-30)26(4,12-18(3)28)24-11-22(16-32-24)20-7-5-6-19(10-20)13-27/h5-11,14-17,23,28H,12H2,1-4H3. The molecule has 1 N–H and O–H groups in total. The Hall–Kier alpha value is -3.30. The van der Waals surface area contributed by atoms with E-state index in [2.05, 4.69) is 17.1 Å². The zero-order valence-corrected chi connectivity index (χ0v) is 19.6. The summed E-state index contributed by atoms with van der Waals surface area (Å²) in [4.78, 5) is 17.8. The Morgan fingerprint density at radius 2 is 2.06 bits per heavy atom. The molecule has 5 nitrogen and oxygen atoms in total. The molecule has 1 aromatic carbocycles. The molecule has 0 aliphatic rings. The zero-order valence-electron chi connectivity index (χ0n) is 18.8. The van der Waals surface area contributed by atoms with E-state index in [0.29, 0.717) is 23.6 Å². The van der Waals surface area contributed by atoms with Crippen LogP contribution in [-0.2, 0) is 10.2 Å². The maximum absolute atomic E-state index is 12.4. The van der Waals surface area contributed by atoms with Gasteiger partial charge in [0.15, 0.2) is 0 Å². The van der Waals surface area contributed by atoms with Crippen molar-refractivity contribution in [3.05, 3.63) is 70.0 Å². The topological polar surface area (TPSA) is 86.8 Å². The molecular formula is C26H27N3O2S. The number of aldehydes is 1. The SMILES string of the molecule is CC(=N)CC(C)(c1cc(-c2cccc(C#N)c2)cs1)C(C=O)c1ccc(OC(C)C)nc1. The summed E-state index contributed by atoms with van der Waals surface area (Å²) >= 11 is 1.57. The minimum atomic E-state index is -0.606. The summed E-state index contributed by atoms with van der Waals surface area (Å²) in [6.07, 6.45) is 3.11. The molecule has 0 saturated heterocycles. The lowest BCUT2D eigenvalue weighted by atomic mass is 9.70. The summed E-state index contributed by atoms with van der Waals surface area (Å²) in [5, 5.41) is 19.4. The van der Waals surface area contributed by atoms with Gasteiger partial charge in [0.2, 0.25) is 5.88 Å². The maximum Gasteiger partial charge on any atom is 0.213 e. The lowest BCUT2D eigenvalue weighted by molar-refractivity contribution is -0.110. The van der Waals surface area contributed by atoms with E-state index in [1.54, 1.807) is 36.6 Å². The van der Waals surface area contributed by atoms with E-state index in [4.69, 9.17) is 10.1 Å². The van der Waals surface area contributed by atoms with Crippen molar-refractivity contribution in [3.8, 4) is 23.1 Å². The molecule has 0 radical (unpaired) electrons. The summed E-state index contributed by atoms with van der Waals surface area (Å²) in [6, 6.07) is 15.4. The highest BCUT2D eigenvalue weighted by Crippen LogP contribution is 2.45. The van der Waals surface area contributed by atoms with Crippen LogP contribution in [0.15, 0.2) is 54.0 Å². The van der Waals surface area contributed by atoms with Gasteiger partial charge in [0.1, 0.15) is 6.29 Å². The van der Waals surface area contributed by atoms with Crippen molar-refractivity contribution in [2.75, 3.05) is 0 Å². The second-order valence-corrected chi connectivity index (χ2v) is 9.39. The number of hydrogen-bond acceptors (Lipinski definition) is 6. The molecule has 2 unspecified atom stereocenters. The van der Waals surface area contributed by atoms with E-state index in [9.17, 15) is 10.1 Å². The van der Waals surface area contributed by atoms with Gasteiger partial charge in [0.05, 0.1) is 23.7 Å². The number of nitriles is 1. The molecule has 32 heavy (non-hydrogen) atoms. The number of nitrogens with zero attached hydrogens (tertiary/aromatic N) is 2. The van der Waals surface area contributed by atoms with Gasteiger partial charge in [-0.25, -0.2) is 4.98 Å². The van der Waals surface area contributed by atoms with E-state index in [-0.39, 0.29) is 6.10 Å². The minimum Gasteiger partial charge on any atom is -0.475 e. The molecular weight excluding hydrogens is 418 g/mol. The van der Waals surface area contributed by atoms with Gasteiger partial charge in [0, 0.05) is 28.3 Å². The first kappa shape index (κ1) is 23.4. The Kier molecular flexibility index (Phi) is 7.22. The fourth-order valence-corrected chi connectivity index (χ4v) is 5.06. The van der Waals surface area contributed by atoms with Crippen molar-refractivity contribution >= 4 is 23.3 Å². The molecule has 0 saturated carbocycles. The van der Waals surface area contributed by atoms with E-state index in [0.717, 1.165) is 27.9 Å². The summed E-state index contributed by atoms with van der Waals surface area (Å²) < 4.78 is 5.63. The lowest BCUT2D eigenvalue weighted by Crippen LogP contribution is -2.33. The summed E-state index contributed by atoms with van der Waals surface area (Å²) in [5.41, 5.74) is 3.26. The molecule has 0 bridgehead atoms. The monoisotopic (exact) mass is 445 g/mol. The molecule has 164 valence electrons. The van der Waals surface area contributed by atoms with Crippen LogP contribution in [0.4, 0.5) is 0 Å². The van der Waals surface area contributed by atoms with Gasteiger partial charge in [0.25, 0.3) is 0 Å². The zero-order chi connectivity index (χ0) is 23.3. The quantitative estimate of drug-likeness (QED) is 0.317. The van der Waals surface area contributed by atoms with Crippen LogP contribution < -0.4 is 4.74 Å². The number of nitrogens with one attached hydrogen (secondary N) is 1. The van der Waals surface area contributed by atoms with Gasteiger partial charge in [-0.1, -0.05) is 25.1 Å². The number of carbonyl (C=O) groups is 1. The third kappa shape index (κ3) is 5.12. The number of pyridine rings is 1. The van der Waals surface area contributed by atoms with Crippen LogP contribution in [0.1, 0.15) is 56.0 Å². The van der Waals surface area contributed by atoms with Gasteiger partial charge in [-0.2, -0.15) is 5.26 Å². The normalized spacial score (nSPS) is 13.8. The van der Waals surface area contributed by atoms with Crippen LogP contribution in [-0.4, -0.2) is 23.1 Å². The Morgan fingerprint density at radius 1 is 1.28 bits per heavy atom. The van der Waals surface area contributed by atoms with Crippen LogP contribution in [0.25, 0.3) is 11.1 Å². The van der Waals surface area contributed by atoms with Crippen molar-refractivity contribution in [1.29, 1.82) is 10.7 Å². The van der Waals surface area contributed by atoms with Gasteiger partial charge in [-0.15, -0.1) is 11.3 Å². The Labute approximate surface area is 193 Å². The van der Waals surface area contributed by atoms with Crippen molar-refractivity contribution in [1.82, 2.24) is 4.98 Å². The molecule has 2 atom stereocenters. The number of carbonyl (C=O) groups excluding carboxylic acids is 1. The number of thiophene rings is 1. The van der Waals surface area contributed by atoms with Gasteiger partial charge < -0.3 is 14.9 Å². The minimum absolute atomic E-state index is 0.0186. The van der Waals surface area contributed by atoms with Crippen LogP contribution in [0, 0.1) is 16.7 Å². The third-order valence-electron chi connectivity index (χ3n) is 5.42. The molecule has 0 fully saturated rings. The van der Waals surface area contributed by atoms with Crippen LogP contribution in [0.2, 0.25) is 0 Å². The van der Waals surface area contributed by atoms with Crippen molar-refractivity contribution in [2.45, 2.75) is 51.6 Å². The van der Waals surface area contributed by atoms with Crippen molar-refractivity contribution in [2.24, 2.45) is 0 Å². The maximum atomic E-state index is 12.4. The first-order chi connectivity index (χ1) is 15.3. The number of ether oxygens (including phenoxy) is 1. The van der Waals surface area contributed by atoms with E-state index < -0.39 is 11.3 Å². The Morgan fingerprint density at radius 3 is 2.66 bits per heavy atom. The molecule has 0 aliphatic heterocycles. The van der Waals surface area contributed by atoms with Crippen molar-refractivity contribution in [3.63, 3.8) is 0 Å². The van der Waals surface area contributed by atoms with Crippen LogP contribution in [0.3, 0.4) is 0 Å². The van der Waals surface area contributed by atoms with Crippen LogP contribution in [0.5, 0.6) is 5.88 Å². The smallest absolute Gasteiger partial charge is 0.213 e. The van der Waals surface area contributed by atoms with E-state index in [1.807, 2.05) is 50.4 Å². The molecule has 0 amide bonds. The molecule has 2 aromatic heterocycles. The fraction of sp³-hybridized carbons (Fsp3) is 0.308. The summed E-state index contributed by atoms with van der Waals surface area (Å²) in [5.74, 6) is 0.0504. The van der Waals surface area contributed by atoms with Crippen molar-refractivity contribution < 1.29 is 9.53 Å². The molecule has 6 heteroatoms. The lowest BCUT2D eigenvalue weighted by Gasteiger charge is -2.34. The summed E-state index contributed by atoms with van der Waals surface area (Å²) in [7, 11) is 0. The number of benzene rings is 1. The average Bonchev–Trinajstić information content (AvgIpc) is 3.26. The first-order valence-corrected chi connectivity index (χ1v) is 11.4. The molecule has 2 heterocycles. The second kappa shape index (κ2) is 9.88. The fourth-order valence-electron chi connectivity index (χ4n) is 3.94. The van der Waals surface area contributed by atoms with E-state index in [1.165, 1.54) is 0 Å². The summed E-state index contributed by atoms with van der Waals surface area (Å²) in [6.45, 7) is 7.68. The largest absolute Gasteiger partial charge is 0.475 e. The molecule has 0 aliphatic carbocycles. The molecule has 0 spiro atoms. The number of aromatic nitrogens is 1. The predicted molar refractivity (Wildman–Crippen MR) is 129 cm³/mol. The second-order valence-electron chi connectivity index (χ2n) is 8.48. The Bertz CT molecular complexity index is 1140. The van der Waals surface area contributed by atoms with Gasteiger partial charge in [-0.05, 0) is 67.5 Å². The predicted octanol–water partition coefficient (Wildman–Crippen LogP) is 6.14. The van der Waals surface area contributed by atoms with Crippen LogP contribution >= 0.6 is 11.3 Å². The van der Waals surface area contributed by atoms with Gasteiger partial charge in [-0.3, -0.25) is 0 Å². The molecule has 3 rings (SSSR count). The number of hydrogen-bond donors (Lipinski definition) is 1.